The molecule has 5 heteroatoms. The number of benzene rings is 2. The summed E-state index contributed by atoms with van der Waals surface area (Å²) in [5.74, 6) is 3.93. The number of nitrogens with one attached hydrogen (secondary N) is 1. The second-order valence-electron chi connectivity index (χ2n) is 7.50. The van der Waals surface area contributed by atoms with Crippen LogP contribution >= 0.6 is 0 Å². The molecule has 5 nitrogen and oxygen atoms in total. The van der Waals surface area contributed by atoms with Crippen LogP contribution in [0.1, 0.15) is 35.8 Å². The molecule has 28 heavy (non-hydrogen) atoms. The van der Waals surface area contributed by atoms with Crippen molar-refractivity contribution in [1.29, 1.82) is 0 Å². The Balaban J connectivity index is 1.36. The van der Waals surface area contributed by atoms with E-state index < -0.39 is 0 Å². The zero-order valence-electron chi connectivity index (χ0n) is 16.7. The molecule has 0 aromatic heterocycles. The first-order valence-electron chi connectivity index (χ1n) is 10.1. The predicted molar refractivity (Wildman–Crippen MR) is 113 cm³/mol. The number of fused-ring (bicyclic) bond motifs is 1. The molecule has 148 valence electrons. The number of guanidine groups is 1. The summed E-state index contributed by atoms with van der Waals surface area (Å²) in [6.07, 6.45) is 2.18. The summed E-state index contributed by atoms with van der Waals surface area (Å²) in [6.45, 7) is 3.69. The molecule has 2 aliphatic heterocycles. The lowest BCUT2D eigenvalue weighted by atomic mass is 9.93. The standard InChI is InChI=1S/C23H29N3O2/c1-24-23(25-15-18-12-14-28-22-6-4-3-5-21(18)22)26-13-11-19(16-26)17-7-9-20(27-2)10-8-17/h3-10,18-19H,11-16H2,1-2H3,(H,24,25). The molecule has 4 rings (SSSR count). The molecular formula is C23H29N3O2. The first-order chi connectivity index (χ1) is 13.8. The van der Waals surface area contributed by atoms with Crippen molar-refractivity contribution in [2.24, 2.45) is 4.99 Å². The minimum atomic E-state index is 0.460. The topological polar surface area (TPSA) is 46.1 Å². The Morgan fingerprint density at radius 3 is 2.79 bits per heavy atom. The van der Waals surface area contributed by atoms with Crippen LogP contribution in [0.5, 0.6) is 11.5 Å². The van der Waals surface area contributed by atoms with Crippen molar-refractivity contribution in [3.63, 3.8) is 0 Å². The van der Waals surface area contributed by atoms with E-state index in [0.717, 1.165) is 56.5 Å². The second-order valence-corrected chi connectivity index (χ2v) is 7.50. The van der Waals surface area contributed by atoms with Gasteiger partial charge in [0.1, 0.15) is 11.5 Å². The summed E-state index contributed by atoms with van der Waals surface area (Å²) in [5, 5.41) is 3.61. The van der Waals surface area contributed by atoms with E-state index in [9.17, 15) is 0 Å². The number of hydrogen-bond donors (Lipinski definition) is 1. The molecule has 1 N–H and O–H groups in total. The molecule has 2 aliphatic rings. The summed E-state index contributed by atoms with van der Waals surface area (Å²) >= 11 is 0. The maximum absolute atomic E-state index is 5.79. The minimum Gasteiger partial charge on any atom is -0.497 e. The molecule has 0 spiro atoms. The van der Waals surface area contributed by atoms with Crippen LogP contribution in [0.15, 0.2) is 53.5 Å². The average Bonchev–Trinajstić information content (AvgIpc) is 3.24. The van der Waals surface area contributed by atoms with Crippen LogP contribution in [0.4, 0.5) is 0 Å². The molecule has 0 saturated carbocycles. The lowest BCUT2D eigenvalue weighted by Gasteiger charge is -2.28. The number of nitrogens with zero attached hydrogens (tertiary/aromatic N) is 2. The summed E-state index contributed by atoms with van der Waals surface area (Å²) < 4.78 is 11.1. The Morgan fingerprint density at radius 1 is 1.18 bits per heavy atom. The van der Waals surface area contributed by atoms with E-state index >= 15 is 0 Å². The van der Waals surface area contributed by atoms with Gasteiger partial charge in [-0.25, -0.2) is 0 Å². The first-order valence-corrected chi connectivity index (χ1v) is 10.1. The highest BCUT2D eigenvalue weighted by Crippen LogP contribution is 2.33. The van der Waals surface area contributed by atoms with E-state index in [-0.39, 0.29) is 0 Å². The van der Waals surface area contributed by atoms with Gasteiger partial charge in [-0.15, -0.1) is 0 Å². The molecule has 2 aromatic carbocycles. The van der Waals surface area contributed by atoms with Gasteiger partial charge in [-0.2, -0.15) is 0 Å². The minimum absolute atomic E-state index is 0.460. The number of hydrogen-bond acceptors (Lipinski definition) is 3. The van der Waals surface area contributed by atoms with E-state index in [0.29, 0.717) is 11.8 Å². The van der Waals surface area contributed by atoms with Crippen molar-refractivity contribution >= 4 is 5.96 Å². The molecular weight excluding hydrogens is 350 g/mol. The number of ether oxygens (including phenoxy) is 2. The first kappa shape index (κ1) is 18.7. The summed E-state index contributed by atoms with van der Waals surface area (Å²) in [4.78, 5) is 6.92. The molecule has 0 radical (unpaired) electrons. The molecule has 2 heterocycles. The summed E-state index contributed by atoms with van der Waals surface area (Å²) in [7, 11) is 3.58. The zero-order chi connectivity index (χ0) is 19.3. The van der Waals surface area contributed by atoms with Gasteiger partial charge in [-0.1, -0.05) is 30.3 Å². The van der Waals surface area contributed by atoms with Gasteiger partial charge in [0.2, 0.25) is 0 Å². The number of aliphatic imine (C=N–C) groups is 1. The van der Waals surface area contributed by atoms with Gasteiger partial charge in [0.25, 0.3) is 0 Å². The quantitative estimate of drug-likeness (QED) is 0.651. The molecule has 1 fully saturated rings. The Labute approximate surface area is 167 Å². The van der Waals surface area contributed by atoms with E-state index in [2.05, 4.69) is 45.5 Å². The maximum Gasteiger partial charge on any atom is 0.193 e. The van der Waals surface area contributed by atoms with E-state index in [1.165, 1.54) is 11.1 Å². The van der Waals surface area contributed by atoms with Crippen molar-refractivity contribution in [3.8, 4) is 11.5 Å². The Kier molecular flexibility index (Phi) is 5.70. The van der Waals surface area contributed by atoms with Gasteiger partial charge < -0.3 is 19.7 Å². The summed E-state index contributed by atoms with van der Waals surface area (Å²) in [6, 6.07) is 16.8. The van der Waals surface area contributed by atoms with Gasteiger partial charge in [-0.3, -0.25) is 4.99 Å². The second kappa shape index (κ2) is 8.55. The lowest BCUT2D eigenvalue weighted by molar-refractivity contribution is 0.266. The van der Waals surface area contributed by atoms with Crippen LogP contribution in [-0.4, -0.2) is 51.3 Å². The van der Waals surface area contributed by atoms with Crippen LogP contribution in [0, 0.1) is 0 Å². The molecule has 2 aromatic rings. The molecule has 2 atom stereocenters. The fourth-order valence-corrected chi connectivity index (χ4v) is 4.28. The Bertz CT molecular complexity index is 819. The molecule has 1 saturated heterocycles. The van der Waals surface area contributed by atoms with E-state index in [4.69, 9.17) is 9.47 Å². The largest absolute Gasteiger partial charge is 0.497 e. The zero-order valence-corrected chi connectivity index (χ0v) is 16.7. The molecule has 0 amide bonds. The fourth-order valence-electron chi connectivity index (χ4n) is 4.28. The maximum atomic E-state index is 5.79. The van der Waals surface area contributed by atoms with Gasteiger partial charge in [0.05, 0.1) is 13.7 Å². The van der Waals surface area contributed by atoms with E-state index in [1.807, 2.05) is 25.2 Å². The number of rotatable bonds is 4. The molecule has 2 unspecified atom stereocenters. The molecule has 0 aliphatic carbocycles. The van der Waals surface area contributed by atoms with Crippen molar-refractivity contribution in [2.75, 3.05) is 40.4 Å². The van der Waals surface area contributed by atoms with Crippen molar-refractivity contribution in [1.82, 2.24) is 10.2 Å². The monoisotopic (exact) mass is 379 g/mol. The third-order valence-corrected chi connectivity index (χ3v) is 5.88. The van der Waals surface area contributed by atoms with Crippen LogP contribution in [0.2, 0.25) is 0 Å². The number of para-hydroxylation sites is 1. The highest BCUT2D eigenvalue weighted by atomic mass is 16.5. The van der Waals surface area contributed by atoms with Crippen LogP contribution in [0.3, 0.4) is 0 Å². The predicted octanol–water partition coefficient (Wildman–Crippen LogP) is 3.63. The van der Waals surface area contributed by atoms with Gasteiger partial charge in [0, 0.05) is 38.5 Å². The molecule has 0 bridgehead atoms. The fraction of sp³-hybridized carbons (Fsp3) is 0.435. The van der Waals surface area contributed by atoms with Gasteiger partial charge in [0.15, 0.2) is 5.96 Å². The Hall–Kier alpha value is -2.69. The SMILES string of the molecule is CN=C(NCC1CCOc2ccccc21)N1CCC(c2ccc(OC)cc2)C1. The van der Waals surface area contributed by atoms with Crippen LogP contribution in [0.25, 0.3) is 0 Å². The van der Waals surface area contributed by atoms with Crippen molar-refractivity contribution < 1.29 is 9.47 Å². The van der Waals surface area contributed by atoms with Crippen LogP contribution < -0.4 is 14.8 Å². The highest BCUT2D eigenvalue weighted by molar-refractivity contribution is 5.80. The number of likely N-dealkylation sites (tertiary alicyclic amines) is 1. The van der Waals surface area contributed by atoms with E-state index in [1.54, 1.807) is 7.11 Å². The van der Waals surface area contributed by atoms with Gasteiger partial charge in [-0.05, 0) is 42.2 Å². The number of methoxy groups -OCH3 is 1. The van der Waals surface area contributed by atoms with Gasteiger partial charge >= 0.3 is 0 Å². The third-order valence-electron chi connectivity index (χ3n) is 5.88. The van der Waals surface area contributed by atoms with Crippen molar-refractivity contribution in [3.05, 3.63) is 59.7 Å². The third kappa shape index (κ3) is 3.93. The Morgan fingerprint density at radius 2 is 2.00 bits per heavy atom. The summed E-state index contributed by atoms with van der Waals surface area (Å²) in [5.41, 5.74) is 2.67. The highest BCUT2D eigenvalue weighted by Gasteiger charge is 2.27. The lowest BCUT2D eigenvalue weighted by Crippen LogP contribution is -2.42. The van der Waals surface area contributed by atoms with Crippen LogP contribution in [-0.2, 0) is 0 Å². The van der Waals surface area contributed by atoms with Crippen molar-refractivity contribution in [2.45, 2.75) is 24.7 Å². The normalized spacial score (nSPS) is 21.8. The average molecular weight is 380 g/mol. The smallest absolute Gasteiger partial charge is 0.193 e.